The highest BCUT2D eigenvalue weighted by Crippen LogP contribution is 2.64. The molecule has 1 N–H and O–H groups in total. The van der Waals surface area contributed by atoms with Crippen molar-refractivity contribution >= 4 is 16.8 Å². The lowest BCUT2D eigenvalue weighted by atomic mass is 9.48. The fourth-order valence-electron chi connectivity index (χ4n) is 9.20. The zero-order chi connectivity index (χ0) is 23.7. The van der Waals surface area contributed by atoms with E-state index in [-0.39, 0.29) is 11.3 Å². The van der Waals surface area contributed by atoms with Gasteiger partial charge in [0, 0.05) is 5.92 Å². The SMILES string of the molecule is CC[C@@]1(O)CC[C@H]2[C@H](CC[C@@H]3[C@@H]2CC[C@]2(C)[C@@H](C(=O)Cn4nc5ccc(C)cc5n4)CC[C@@H]32)C1. The number of nitrogens with zero attached hydrogens (tertiary/aromatic N) is 3. The Morgan fingerprint density at radius 1 is 1.03 bits per heavy atom. The molecule has 6 rings (SSSR count). The highest BCUT2D eigenvalue weighted by atomic mass is 16.3. The van der Waals surface area contributed by atoms with Crippen LogP contribution in [0.2, 0.25) is 0 Å². The lowest BCUT2D eigenvalue weighted by molar-refractivity contribution is -0.133. The molecule has 0 unspecified atom stereocenters. The predicted octanol–water partition coefficient (Wildman–Crippen LogP) is 5.72. The van der Waals surface area contributed by atoms with Gasteiger partial charge in [0.05, 0.1) is 5.60 Å². The number of hydrogen-bond acceptors (Lipinski definition) is 4. The monoisotopic (exact) mass is 463 g/mol. The first kappa shape index (κ1) is 22.7. The molecular formula is C29H41N3O2. The van der Waals surface area contributed by atoms with E-state index in [1.54, 1.807) is 4.80 Å². The van der Waals surface area contributed by atoms with E-state index in [0.717, 1.165) is 54.5 Å². The van der Waals surface area contributed by atoms with Crippen LogP contribution in [0.3, 0.4) is 0 Å². The van der Waals surface area contributed by atoms with Gasteiger partial charge < -0.3 is 5.11 Å². The van der Waals surface area contributed by atoms with Crippen LogP contribution < -0.4 is 0 Å². The summed E-state index contributed by atoms with van der Waals surface area (Å²) in [6, 6.07) is 6.09. The van der Waals surface area contributed by atoms with Gasteiger partial charge in [0.1, 0.15) is 17.6 Å². The van der Waals surface area contributed by atoms with E-state index < -0.39 is 5.60 Å². The smallest absolute Gasteiger partial charge is 0.159 e. The van der Waals surface area contributed by atoms with E-state index in [0.29, 0.717) is 24.2 Å². The van der Waals surface area contributed by atoms with Crippen molar-refractivity contribution in [2.75, 3.05) is 0 Å². The molecule has 0 radical (unpaired) electrons. The van der Waals surface area contributed by atoms with Gasteiger partial charge in [-0.05, 0) is 124 Å². The van der Waals surface area contributed by atoms with Crippen LogP contribution in [0.25, 0.3) is 11.0 Å². The van der Waals surface area contributed by atoms with E-state index in [4.69, 9.17) is 0 Å². The van der Waals surface area contributed by atoms with Crippen LogP contribution in [0.1, 0.15) is 83.6 Å². The Kier molecular flexibility index (Phi) is 5.44. The maximum Gasteiger partial charge on any atom is 0.159 e. The van der Waals surface area contributed by atoms with E-state index in [1.807, 2.05) is 18.2 Å². The van der Waals surface area contributed by atoms with E-state index in [1.165, 1.54) is 44.1 Å². The number of ketones is 1. The first-order valence-corrected chi connectivity index (χ1v) is 13.9. The molecule has 5 heteroatoms. The normalized spacial score (nSPS) is 41.6. The molecule has 4 saturated carbocycles. The zero-order valence-electron chi connectivity index (χ0n) is 21.2. The van der Waals surface area contributed by atoms with Crippen molar-refractivity contribution in [1.29, 1.82) is 0 Å². The summed E-state index contributed by atoms with van der Waals surface area (Å²) in [5.41, 5.74) is 2.64. The Morgan fingerprint density at radius 2 is 1.82 bits per heavy atom. The molecule has 1 aromatic carbocycles. The quantitative estimate of drug-likeness (QED) is 0.630. The lowest BCUT2D eigenvalue weighted by Crippen LogP contribution is -2.51. The van der Waals surface area contributed by atoms with Crippen molar-refractivity contribution in [2.45, 2.75) is 97.1 Å². The van der Waals surface area contributed by atoms with Crippen LogP contribution in [0.15, 0.2) is 18.2 Å². The molecular weight excluding hydrogens is 422 g/mol. The predicted molar refractivity (Wildman–Crippen MR) is 133 cm³/mol. The van der Waals surface area contributed by atoms with Gasteiger partial charge in [-0.1, -0.05) is 19.9 Å². The van der Waals surface area contributed by atoms with Gasteiger partial charge in [-0.2, -0.15) is 15.0 Å². The number of benzene rings is 1. The summed E-state index contributed by atoms with van der Waals surface area (Å²) in [6.07, 6.45) is 11.4. The van der Waals surface area contributed by atoms with E-state index in [2.05, 4.69) is 31.0 Å². The summed E-state index contributed by atoms with van der Waals surface area (Å²) in [4.78, 5) is 15.2. The molecule has 0 amide bonds. The second kappa shape index (κ2) is 8.15. The molecule has 1 heterocycles. The average Bonchev–Trinajstić information content (AvgIpc) is 3.38. The minimum absolute atomic E-state index is 0.132. The van der Waals surface area contributed by atoms with Crippen LogP contribution in [0, 0.1) is 47.8 Å². The van der Waals surface area contributed by atoms with Crippen LogP contribution in [0.4, 0.5) is 0 Å². The number of fused-ring (bicyclic) bond motifs is 6. The van der Waals surface area contributed by atoms with Crippen LogP contribution in [0.5, 0.6) is 0 Å². The molecule has 34 heavy (non-hydrogen) atoms. The van der Waals surface area contributed by atoms with Crippen LogP contribution >= 0.6 is 0 Å². The molecule has 4 aliphatic rings. The molecule has 5 nitrogen and oxygen atoms in total. The van der Waals surface area contributed by atoms with Crippen molar-refractivity contribution in [3.63, 3.8) is 0 Å². The number of hydrogen-bond donors (Lipinski definition) is 1. The molecule has 0 bridgehead atoms. The second-order valence-corrected chi connectivity index (χ2v) is 12.6. The molecule has 0 saturated heterocycles. The maximum absolute atomic E-state index is 13.6. The highest BCUT2D eigenvalue weighted by molar-refractivity contribution is 5.82. The van der Waals surface area contributed by atoms with Crippen molar-refractivity contribution < 1.29 is 9.90 Å². The summed E-state index contributed by atoms with van der Waals surface area (Å²) in [6.45, 7) is 6.94. The summed E-state index contributed by atoms with van der Waals surface area (Å²) < 4.78 is 0. The zero-order valence-corrected chi connectivity index (χ0v) is 21.2. The summed E-state index contributed by atoms with van der Waals surface area (Å²) in [5.74, 6) is 4.26. The molecule has 2 aromatic rings. The van der Waals surface area contributed by atoms with Crippen LogP contribution in [-0.2, 0) is 11.3 Å². The fourth-order valence-corrected chi connectivity index (χ4v) is 9.20. The van der Waals surface area contributed by atoms with Crippen molar-refractivity contribution in [3.05, 3.63) is 23.8 Å². The van der Waals surface area contributed by atoms with Gasteiger partial charge in [0.2, 0.25) is 0 Å². The molecule has 0 aliphatic heterocycles. The van der Waals surface area contributed by atoms with Gasteiger partial charge in [-0.3, -0.25) is 4.79 Å². The third-order valence-corrected chi connectivity index (χ3v) is 11.0. The summed E-state index contributed by atoms with van der Waals surface area (Å²) >= 11 is 0. The number of aliphatic hydroxyl groups is 1. The van der Waals surface area contributed by atoms with Crippen LogP contribution in [-0.4, -0.2) is 31.5 Å². The number of Topliss-reactive ketones (excluding diaryl/α,β-unsaturated/α-hetero) is 1. The van der Waals surface area contributed by atoms with Gasteiger partial charge in [-0.25, -0.2) is 0 Å². The number of carbonyl (C=O) groups is 1. The van der Waals surface area contributed by atoms with Gasteiger partial charge in [-0.15, -0.1) is 0 Å². The molecule has 4 aliphatic carbocycles. The average molecular weight is 464 g/mol. The summed E-state index contributed by atoms with van der Waals surface area (Å²) in [7, 11) is 0. The minimum atomic E-state index is -0.411. The number of carbonyl (C=O) groups excluding carboxylic acids is 1. The molecule has 8 atom stereocenters. The Morgan fingerprint density at radius 3 is 2.65 bits per heavy atom. The fraction of sp³-hybridized carbons (Fsp3) is 0.759. The third-order valence-electron chi connectivity index (χ3n) is 11.0. The van der Waals surface area contributed by atoms with Gasteiger partial charge >= 0.3 is 0 Å². The topological polar surface area (TPSA) is 68.0 Å². The minimum Gasteiger partial charge on any atom is -0.390 e. The Balaban J connectivity index is 1.17. The Hall–Kier alpha value is -1.75. The van der Waals surface area contributed by atoms with Gasteiger partial charge in [0.15, 0.2) is 5.78 Å². The molecule has 0 spiro atoms. The first-order chi connectivity index (χ1) is 16.3. The Labute approximate surface area is 203 Å². The summed E-state index contributed by atoms with van der Waals surface area (Å²) in [5, 5.41) is 20.1. The van der Waals surface area contributed by atoms with Crippen molar-refractivity contribution in [3.8, 4) is 0 Å². The standard InChI is InChI=1S/C29H41N3O2/c1-4-29(34)14-12-20-19(16-29)6-7-22-21(20)11-13-28(3)23(22)8-9-24(28)27(33)17-32-30-25-10-5-18(2)15-26(25)31-32/h5,10,15,19-24,34H,4,6-9,11-14,16-17H2,1-3H3/t19-,20+,21-,22-,23+,24-,28+,29-/m1/s1. The second-order valence-electron chi connectivity index (χ2n) is 12.6. The lowest BCUT2D eigenvalue weighted by Gasteiger charge is -2.57. The van der Waals surface area contributed by atoms with Crippen molar-refractivity contribution in [1.82, 2.24) is 15.0 Å². The molecule has 4 fully saturated rings. The molecule has 184 valence electrons. The number of aryl methyl sites for hydroxylation is 1. The Bertz CT molecular complexity index is 1090. The number of rotatable bonds is 4. The van der Waals surface area contributed by atoms with E-state index >= 15 is 0 Å². The maximum atomic E-state index is 13.6. The first-order valence-electron chi connectivity index (χ1n) is 13.9. The largest absolute Gasteiger partial charge is 0.390 e. The highest BCUT2D eigenvalue weighted by Gasteiger charge is 2.58. The third kappa shape index (κ3) is 3.56. The molecule has 1 aromatic heterocycles. The number of aromatic nitrogens is 3. The van der Waals surface area contributed by atoms with Crippen molar-refractivity contribution in [2.24, 2.45) is 40.9 Å². The van der Waals surface area contributed by atoms with Gasteiger partial charge in [0.25, 0.3) is 0 Å². The van der Waals surface area contributed by atoms with E-state index in [9.17, 15) is 9.90 Å².